The van der Waals surface area contributed by atoms with E-state index in [4.69, 9.17) is 4.74 Å². The van der Waals surface area contributed by atoms with Gasteiger partial charge >= 0.3 is 0 Å². The molecule has 3 rings (SSSR count). The van der Waals surface area contributed by atoms with E-state index in [0.717, 1.165) is 38.5 Å². The lowest BCUT2D eigenvalue weighted by Crippen LogP contribution is -2.39. The molecule has 2 aromatic rings. The van der Waals surface area contributed by atoms with Crippen LogP contribution in [0.5, 0.6) is 5.88 Å². The fourth-order valence-electron chi connectivity index (χ4n) is 3.12. The van der Waals surface area contributed by atoms with Crippen LogP contribution in [0.4, 0.5) is 5.95 Å². The number of ether oxygens (including phenoxy) is 1. The van der Waals surface area contributed by atoms with Crippen LogP contribution < -0.4 is 9.64 Å². The van der Waals surface area contributed by atoms with Gasteiger partial charge < -0.3 is 9.64 Å². The second-order valence-corrected chi connectivity index (χ2v) is 6.02. The number of methoxy groups -OCH3 is 1. The number of aromatic nitrogens is 2. The van der Waals surface area contributed by atoms with Crippen LogP contribution >= 0.6 is 0 Å². The van der Waals surface area contributed by atoms with E-state index in [0.29, 0.717) is 11.9 Å². The van der Waals surface area contributed by atoms with Crippen molar-refractivity contribution >= 4 is 5.95 Å². The van der Waals surface area contributed by atoms with Crippen LogP contribution in [0.15, 0.2) is 42.6 Å². The average Bonchev–Trinajstić information content (AvgIpc) is 2.77. The summed E-state index contributed by atoms with van der Waals surface area (Å²) in [6.07, 6.45) is 2.87. The van der Waals surface area contributed by atoms with Crippen LogP contribution in [0.1, 0.15) is 18.9 Å². The lowest BCUT2D eigenvalue weighted by Gasteiger charge is -2.29. The molecule has 5 heteroatoms. The third-order valence-electron chi connectivity index (χ3n) is 4.26. The Balaban J connectivity index is 1.69. The second-order valence-electron chi connectivity index (χ2n) is 6.02. The van der Waals surface area contributed by atoms with Crippen molar-refractivity contribution in [2.45, 2.75) is 25.9 Å². The van der Waals surface area contributed by atoms with Crippen molar-refractivity contribution < 1.29 is 4.74 Å². The van der Waals surface area contributed by atoms with Crippen molar-refractivity contribution in [2.24, 2.45) is 0 Å². The first-order chi connectivity index (χ1) is 11.3. The van der Waals surface area contributed by atoms with Crippen molar-refractivity contribution in [3.05, 3.63) is 48.2 Å². The summed E-state index contributed by atoms with van der Waals surface area (Å²) in [5, 5.41) is 0. The van der Waals surface area contributed by atoms with Gasteiger partial charge in [0.05, 0.1) is 7.11 Å². The Bertz CT molecular complexity index is 619. The molecule has 0 amide bonds. The van der Waals surface area contributed by atoms with E-state index in [-0.39, 0.29) is 0 Å². The van der Waals surface area contributed by atoms with Gasteiger partial charge in [0.15, 0.2) is 0 Å². The summed E-state index contributed by atoms with van der Waals surface area (Å²) in [5.41, 5.74) is 1.37. The third-order valence-corrected chi connectivity index (χ3v) is 4.26. The van der Waals surface area contributed by atoms with Crippen molar-refractivity contribution in [1.29, 1.82) is 0 Å². The smallest absolute Gasteiger partial charge is 0.228 e. The van der Waals surface area contributed by atoms with Crippen LogP contribution in [0.25, 0.3) is 0 Å². The molecule has 0 saturated carbocycles. The molecule has 2 heterocycles. The average molecular weight is 312 g/mol. The fraction of sp³-hybridized carbons (Fsp3) is 0.444. The van der Waals surface area contributed by atoms with Crippen molar-refractivity contribution in [1.82, 2.24) is 14.9 Å². The van der Waals surface area contributed by atoms with E-state index >= 15 is 0 Å². The lowest BCUT2D eigenvalue weighted by molar-refractivity contribution is 0.268. The molecule has 1 aliphatic rings. The van der Waals surface area contributed by atoms with E-state index in [2.05, 4.69) is 57.0 Å². The molecule has 23 heavy (non-hydrogen) atoms. The summed E-state index contributed by atoms with van der Waals surface area (Å²) in [6.45, 7) is 6.32. The van der Waals surface area contributed by atoms with Crippen molar-refractivity contribution in [2.75, 3.05) is 31.6 Å². The van der Waals surface area contributed by atoms with E-state index in [1.807, 2.05) is 0 Å². The molecule has 1 aromatic carbocycles. The number of rotatable bonds is 4. The number of nitrogens with zero attached hydrogens (tertiary/aromatic N) is 4. The van der Waals surface area contributed by atoms with Gasteiger partial charge in [-0.25, -0.2) is 4.98 Å². The van der Waals surface area contributed by atoms with Crippen LogP contribution in [-0.2, 0) is 6.54 Å². The standard InChI is InChI=1S/C18H24N4O/c1-15-13-21(14-16-7-4-3-5-8-16)11-6-12-22(15)18-19-10-9-17(20-18)23-2/h3-5,7-10,15H,6,11-14H2,1-2H3. The normalized spacial score (nSPS) is 19.4. The van der Waals surface area contributed by atoms with Gasteiger partial charge in [-0.3, -0.25) is 4.90 Å². The Morgan fingerprint density at radius 2 is 2.00 bits per heavy atom. The fourth-order valence-corrected chi connectivity index (χ4v) is 3.12. The van der Waals surface area contributed by atoms with Crippen molar-refractivity contribution in [3.8, 4) is 5.88 Å². The molecule has 1 aromatic heterocycles. The van der Waals surface area contributed by atoms with Gasteiger partial charge in [0.1, 0.15) is 0 Å². The highest BCUT2D eigenvalue weighted by atomic mass is 16.5. The first-order valence-electron chi connectivity index (χ1n) is 8.16. The highest BCUT2D eigenvalue weighted by Crippen LogP contribution is 2.19. The molecule has 1 saturated heterocycles. The predicted octanol–water partition coefficient (Wildman–Crippen LogP) is 2.59. The molecule has 0 aliphatic carbocycles. The SMILES string of the molecule is COc1ccnc(N2CCCN(Cc3ccccc3)CC2C)n1. The summed E-state index contributed by atoms with van der Waals surface area (Å²) in [5.74, 6) is 1.38. The number of benzene rings is 1. The van der Waals surface area contributed by atoms with Crippen LogP contribution in [0.2, 0.25) is 0 Å². The highest BCUT2D eigenvalue weighted by Gasteiger charge is 2.23. The van der Waals surface area contributed by atoms with Gasteiger partial charge in [0.25, 0.3) is 0 Å². The minimum absolute atomic E-state index is 0.369. The number of hydrogen-bond donors (Lipinski definition) is 0. The quantitative estimate of drug-likeness (QED) is 0.868. The lowest BCUT2D eigenvalue weighted by atomic mass is 10.2. The first kappa shape index (κ1) is 15.7. The maximum absolute atomic E-state index is 5.22. The Hall–Kier alpha value is -2.14. The van der Waals surface area contributed by atoms with Gasteiger partial charge in [0, 0.05) is 44.5 Å². The monoisotopic (exact) mass is 312 g/mol. The Labute approximate surface area is 137 Å². The maximum Gasteiger partial charge on any atom is 0.228 e. The maximum atomic E-state index is 5.22. The summed E-state index contributed by atoms with van der Waals surface area (Å²) >= 11 is 0. The minimum atomic E-state index is 0.369. The second kappa shape index (κ2) is 7.42. The van der Waals surface area contributed by atoms with Gasteiger partial charge in [0.2, 0.25) is 11.8 Å². The van der Waals surface area contributed by atoms with E-state index < -0.39 is 0 Å². The molecule has 1 aliphatic heterocycles. The van der Waals surface area contributed by atoms with Gasteiger partial charge in [-0.2, -0.15) is 4.98 Å². The molecule has 1 atom stereocenters. The van der Waals surface area contributed by atoms with E-state index in [9.17, 15) is 0 Å². The topological polar surface area (TPSA) is 41.5 Å². The molecule has 1 unspecified atom stereocenters. The van der Waals surface area contributed by atoms with E-state index in [1.165, 1.54) is 5.56 Å². The zero-order valence-electron chi connectivity index (χ0n) is 13.9. The van der Waals surface area contributed by atoms with Gasteiger partial charge in [-0.15, -0.1) is 0 Å². The summed E-state index contributed by atoms with van der Waals surface area (Å²) in [4.78, 5) is 13.7. The summed E-state index contributed by atoms with van der Waals surface area (Å²) < 4.78 is 5.22. The largest absolute Gasteiger partial charge is 0.481 e. The zero-order valence-corrected chi connectivity index (χ0v) is 13.9. The van der Waals surface area contributed by atoms with Gasteiger partial charge in [-0.05, 0) is 18.9 Å². The highest BCUT2D eigenvalue weighted by molar-refractivity contribution is 5.34. The molecule has 5 nitrogen and oxygen atoms in total. The molecular weight excluding hydrogens is 288 g/mol. The number of hydrogen-bond acceptors (Lipinski definition) is 5. The molecule has 0 bridgehead atoms. The van der Waals surface area contributed by atoms with Crippen LogP contribution in [0.3, 0.4) is 0 Å². The predicted molar refractivity (Wildman–Crippen MR) is 91.7 cm³/mol. The minimum Gasteiger partial charge on any atom is -0.481 e. The molecule has 1 fully saturated rings. The summed E-state index contributed by atoms with van der Waals surface area (Å²) in [7, 11) is 1.64. The Morgan fingerprint density at radius 3 is 2.78 bits per heavy atom. The first-order valence-corrected chi connectivity index (χ1v) is 8.16. The van der Waals surface area contributed by atoms with Crippen LogP contribution in [0, 0.1) is 0 Å². The third kappa shape index (κ3) is 3.99. The molecular formula is C18H24N4O. The van der Waals surface area contributed by atoms with E-state index in [1.54, 1.807) is 19.4 Å². The molecule has 122 valence electrons. The molecule has 0 radical (unpaired) electrons. The summed E-state index contributed by atoms with van der Waals surface area (Å²) in [6, 6.07) is 12.8. The Morgan fingerprint density at radius 1 is 1.17 bits per heavy atom. The zero-order chi connectivity index (χ0) is 16.1. The number of anilines is 1. The van der Waals surface area contributed by atoms with Crippen molar-refractivity contribution in [3.63, 3.8) is 0 Å². The molecule has 0 spiro atoms. The van der Waals surface area contributed by atoms with Crippen LogP contribution in [-0.4, -0.2) is 47.7 Å². The Kier molecular flexibility index (Phi) is 5.08. The molecule has 0 N–H and O–H groups in total. The van der Waals surface area contributed by atoms with Gasteiger partial charge in [-0.1, -0.05) is 30.3 Å².